The highest BCUT2D eigenvalue weighted by Crippen LogP contribution is 2.43. The van der Waals surface area contributed by atoms with Crippen LogP contribution in [-0.2, 0) is 37.5 Å². The molecule has 54 heavy (non-hydrogen) atoms. The standard InChI is InChI=1S/C42H78NO10P/c1-3-5-7-9-11-13-15-17-19-21-23-25-27-29-31-33-40(44)50-35-38(36-51-54(48,49)52-37-39(43)42(46)47)53-41(45)34-32-30-28-26-24-22-20-18-16-14-12-10-8-6-4-2/h23-26,38-39H,3-22,27-37,43H2,1-2H3,(H,46,47)(H,48,49)/b25-23+,26-24+/t38-,39+/m1/s1. The minimum atomic E-state index is -4.72. The van der Waals surface area contributed by atoms with E-state index in [0.29, 0.717) is 12.8 Å². The highest BCUT2D eigenvalue weighted by atomic mass is 31.2. The smallest absolute Gasteiger partial charge is 0.472 e. The molecule has 0 aromatic heterocycles. The largest absolute Gasteiger partial charge is 0.480 e. The van der Waals surface area contributed by atoms with Crippen molar-refractivity contribution < 1.29 is 47.5 Å². The van der Waals surface area contributed by atoms with E-state index < -0.39 is 51.1 Å². The first-order valence-electron chi connectivity index (χ1n) is 21.4. The van der Waals surface area contributed by atoms with Crippen molar-refractivity contribution in [1.29, 1.82) is 0 Å². The topological polar surface area (TPSA) is 172 Å². The van der Waals surface area contributed by atoms with Crippen LogP contribution < -0.4 is 5.73 Å². The van der Waals surface area contributed by atoms with E-state index in [1.54, 1.807) is 0 Å². The number of esters is 2. The molecule has 0 aromatic rings. The predicted molar refractivity (Wildman–Crippen MR) is 217 cm³/mol. The maximum atomic E-state index is 12.6. The van der Waals surface area contributed by atoms with Crippen LogP contribution in [0.25, 0.3) is 0 Å². The third kappa shape index (κ3) is 36.9. The van der Waals surface area contributed by atoms with E-state index in [9.17, 15) is 23.8 Å². The molecule has 0 saturated heterocycles. The van der Waals surface area contributed by atoms with Gasteiger partial charge in [-0.05, 0) is 64.2 Å². The molecule has 11 nitrogen and oxygen atoms in total. The fourth-order valence-electron chi connectivity index (χ4n) is 5.76. The summed E-state index contributed by atoms with van der Waals surface area (Å²) in [4.78, 5) is 45.9. The number of hydrogen-bond acceptors (Lipinski definition) is 9. The summed E-state index contributed by atoms with van der Waals surface area (Å²) in [7, 11) is -4.72. The summed E-state index contributed by atoms with van der Waals surface area (Å²) in [6.07, 6.45) is 38.2. The summed E-state index contributed by atoms with van der Waals surface area (Å²) in [5.41, 5.74) is 5.32. The molecule has 0 aliphatic rings. The zero-order chi connectivity index (χ0) is 40.0. The number of aliphatic carboxylic acids is 1. The SMILES string of the molecule is CCCCCCCCCCC/C=C/CCCCC(=O)OC[C@H](COP(=O)(O)OC[C@H](N)C(=O)O)OC(=O)CCCC/C=C/CCCCCCCCCCC. The molecule has 4 N–H and O–H groups in total. The van der Waals surface area contributed by atoms with E-state index in [1.165, 1.54) is 116 Å². The number of rotatable bonds is 40. The van der Waals surface area contributed by atoms with Gasteiger partial charge in [-0.25, -0.2) is 4.57 Å². The lowest BCUT2D eigenvalue weighted by Gasteiger charge is -2.20. The van der Waals surface area contributed by atoms with Gasteiger partial charge in [-0.1, -0.05) is 141 Å². The molecule has 0 saturated carbocycles. The summed E-state index contributed by atoms with van der Waals surface area (Å²) in [6.45, 7) is 2.76. The molecule has 0 aliphatic carbocycles. The third-order valence-corrected chi connectivity index (χ3v) is 10.1. The number of allylic oxidation sites excluding steroid dienone is 4. The molecular formula is C42H78NO10P. The number of ether oxygens (including phenoxy) is 2. The van der Waals surface area contributed by atoms with Crippen LogP contribution in [0.15, 0.2) is 24.3 Å². The molecule has 12 heteroatoms. The molecule has 0 amide bonds. The van der Waals surface area contributed by atoms with E-state index in [2.05, 4.69) is 42.7 Å². The molecule has 0 spiro atoms. The molecule has 0 heterocycles. The summed E-state index contributed by atoms with van der Waals surface area (Å²) in [6, 6.07) is -1.52. The Kier molecular flexibility index (Phi) is 36.4. The predicted octanol–water partition coefficient (Wildman–Crippen LogP) is 11.1. The van der Waals surface area contributed by atoms with Crippen molar-refractivity contribution in [2.24, 2.45) is 5.73 Å². The van der Waals surface area contributed by atoms with Gasteiger partial charge in [0.25, 0.3) is 0 Å². The summed E-state index contributed by atoms with van der Waals surface area (Å²) in [5, 5.41) is 8.88. The van der Waals surface area contributed by atoms with Gasteiger partial charge in [0.15, 0.2) is 6.10 Å². The van der Waals surface area contributed by atoms with Crippen molar-refractivity contribution in [2.45, 2.75) is 206 Å². The van der Waals surface area contributed by atoms with Gasteiger partial charge in [-0.3, -0.25) is 23.4 Å². The number of unbranched alkanes of at least 4 members (excludes halogenated alkanes) is 22. The lowest BCUT2D eigenvalue weighted by atomic mass is 10.1. The van der Waals surface area contributed by atoms with Crippen molar-refractivity contribution in [1.82, 2.24) is 0 Å². The molecule has 3 atom stereocenters. The fourth-order valence-corrected chi connectivity index (χ4v) is 6.54. The van der Waals surface area contributed by atoms with Crippen LogP contribution in [0, 0.1) is 0 Å². The van der Waals surface area contributed by atoms with E-state index in [4.69, 9.17) is 24.8 Å². The molecule has 0 rings (SSSR count). The second-order valence-corrected chi connectivity index (χ2v) is 15.9. The minimum absolute atomic E-state index is 0.129. The van der Waals surface area contributed by atoms with E-state index >= 15 is 0 Å². The Morgan fingerprint density at radius 2 is 0.926 bits per heavy atom. The van der Waals surface area contributed by atoms with Gasteiger partial charge in [0.1, 0.15) is 12.6 Å². The molecule has 0 bridgehead atoms. The zero-order valence-corrected chi connectivity index (χ0v) is 35.0. The van der Waals surface area contributed by atoms with Gasteiger partial charge in [0.05, 0.1) is 13.2 Å². The normalized spacial score (nSPS) is 14.0. The maximum absolute atomic E-state index is 12.6. The van der Waals surface area contributed by atoms with Crippen molar-refractivity contribution in [2.75, 3.05) is 19.8 Å². The van der Waals surface area contributed by atoms with E-state index in [0.717, 1.165) is 38.5 Å². The van der Waals surface area contributed by atoms with Gasteiger partial charge >= 0.3 is 25.7 Å². The summed E-state index contributed by atoms with van der Waals surface area (Å²) >= 11 is 0. The molecular weight excluding hydrogens is 709 g/mol. The van der Waals surface area contributed by atoms with Crippen LogP contribution in [0.4, 0.5) is 0 Å². The lowest BCUT2D eigenvalue weighted by Crippen LogP contribution is -2.34. The second-order valence-electron chi connectivity index (χ2n) is 14.5. The number of carboxylic acids is 1. The Balaban J connectivity index is 4.43. The van der Waals surface area contributed by atoms with Crippen molar-refractivity contribution in [3.63, 3.8) is 0 Å². The van der Waals surface area contributed by atoms with Crippen LogP contribution in [0.3, 0.4) is 0 Å². The van der Waals surface area contributed by atoms with Crippen LogP contribution in [0.1, 0.15) is 194 Å². The Hall–Kier alpha value is -2.04. The Bertz CT molecular complexity index is 1020. The number of carbonyl (C=O) groups is 3. The van der Waals surface area contributed by atoms with Crippen LogP contribution in [-0.4, -0.2) is 59.9 Å². The number of nitrogens with two attached hydrogens (primary N) is 1. The summed E-state index contributed by atoms with van der Waals surface area (Å²) in [5.74, 6) is -2.43. The number of phosphoric ester groups is 1. The first kappa shape index (κ1) is 52.0. The van der Waals surface area contributed by atoms with E-state index in [-0.39, 0.29) is 19.4 Å². The Labute approximate surface area is 328 Å². The van der Waals surface area contributed by atoms with E-state index in [1.807, 2.05) is 0 Å². The van der Waals surface area contributed by atoms with Gasteiger partial charge < -0.3 is 25.2 Å². The lowest BCUT2D eigenvalue weighted by molar-refractivity contribution is -0.161. The maximum Gasteiger partial charge on any atom is 0.472 e. The van der Waals surface area contributed by atoms with Crippen LogP contribution >= 0.6 is 7.82 Å². The fraction of sp³-hybridized carbons (Fsp3) is 0.833. The highest BCUT2D eigenvalue weighted by Gasteiger charge is 2.28. The van der Waals surface area contributed by atoms with Gasteiger partial charge in [-0.2, -0.15) is 0 Å². The molecule has 0 aromatic carbocycles. The van der Waals surface area contributed by atoms with Gasteiger partial charge in [0, 0.05) is 12.8 Å². The van der Waals surface area contributed by atoms with Crippen molar-refractivity contribution in [3.8, 4) is 0 Å². The number of carbonyl (C=O) groups excluding carboxylic acids is 2. The monoisotopic (exact) mass is 788 g/mol. The number of hydrogen-bond donors (Lipinski definition) is 3. The average Bonchev–Trinajstić information content (AvgIpc) is 3.14. The van der Waals surface area contributed by atoms with Crippen LogP contribution in [0.2, 0.25) is 0 Å². The molecule has 1 unspecified atom stereocenters. The number of phosphoric acid groups is 1. The molecule has 316 valence electrons. The first-order chi connectivity index (χ1) is 26.1. The molecule has 0 fully saturated rings. The first-order valence-corrected chi connectivity index (χ1v) is 22.9. The quantitative estimate of drug-likeness (QED) is 0.0233. The number of carboxylic acid groups (broad SMARTS) is 1. The van der Waals surface area contributed by atoms with Gasteiger partial charge in [-0.15, -0.1) is 0 Å². The Morgan fingerprint density at radius 1 is 0.556 bits per heavy atom. The molecule has 0 radical (unpaired) electrons. The summed E-state index contributed by atoms with van der Waals surface area (Å²) < 4.78 is 32.6. The Morgan fingerprint density at radius 3 is 1.35 bits per heavy atom. The van der Waals surface area contributed by atoms with Crippen molar-refractivity contribution in [3.05, 3.63) is 24.3 Å². The second kappa shape index (κ2) is 37.9. The van der Waals surface area contributed by atoms with Gasteiger partial charge in [0.2, 0.25) is 0 Å². The van der Waals surface area contributed by atoms with Crippen LogP contribution in [0.5, 0.6) is 0 Å². The highest BCUT2D eigenvalue weighted by molar-refractivity contribution is 7.47. The minimum Gasteiger partial charge on any atom is -0.480 e. The average molecular weight is 788 g/mol. The molecule has 0 aliphatic heterocycles. The van der Waals surface area contributed by atoms with Crippen molar-refractivity contribution >= 4 is 25.7 Å². The zero-order valence-electron chi connectivity index (χ0n) is 34.1. The third-order valence-electron chi connectivity index (χ3n) is 9.17.